The molecule has 0 aromatic heterocycles. The molecule has 0 fully saturated rings. The number of anilines is 1. The first-order valence-electron chi connectivity index (χ1n) is 10.4. The van der Waals surface area contributed by atoms with E-state index in [1.165, 1.54) is 0 Å². The number of hydrogen-bond donors (Lipinski definition) is 2. The predicted octanol–water partition coefficient (Wildman–Crippen LogP) is 4.92. The summed E-state index contributed by atoms with van der Waals surface area (Å²) in [4.78, 5) is 24.2. The van der Waals surface area contributed by atoms with Gasteiger partial charge in [0.1, 0.15) is 30.1 Å². The minimum Gasteiger partial charge on any atom is -0.491 e. The van der Waals surface area contributed by atoms with E-state index in [0.29, 0.717) is 35.8 Å². The molecule has 0 unspecified atom stereocenters. The molecule has 0 aliphatic rings. The summed E-state index contributed by atoms with van der Waals surface area (Å²) >= 11 is 0. The van der Waals surface area contributed by atoms with Crippen molar-refractivity contribution in [1.29, 1.82) is 0 Å². The van der Waals surface area contributed by atoms with Crippen LogP contribution in [0.25, 0.3) is 0 Å². The largest absolute Gasteiger partial charge is 0.491 e. The summed E-state index contributed by atoms with van der Waals surface area (Å²) in [7, 11) is 0. The summed E-state index contributed by atoms with van der Waals surface area (Å²) in [6, 6.07) is 9.50. The van der Waals surface area contributed by atoms with Gasteiger partial charge in [0.15, 0.2) is 0 Å². The van der Waals surface area contributed by atoms with Crippen LogP contribution in [0.15, 0.2) is 54.1 Å². The number of ether oxygens (including phenoxy) is 3. The number of amides is 1. The minimum atomic E-state index is -0.929. The predicted molar refractivity (Wildman–Crippen MR) is 118 cm³/mol. The van der Waals surface area contributed by atoms with Crippen molar-refractivity contribution < 1.29 is 37.7 Å². The number of nitrogens with one attached hydrogen (secondary N) is 1. The van der Waals surface area contributed by atoms with Gasteiger partial charge in [-0.1, -0.05) is 18.2 Å². The van der Waals surface area contributed by atoms with Gasteiger partial charge in [0.05, 0.1) is 18.9 Å². The highest BCUT2D eigenvalue weighted by Gasteiger charge is 2.18. The van der Waals surface area contributed by atoms with Gasteiger partial charge in [0, 0.05) is 11.6 Å². The zero-order valence-corrected chi connectivity index (χ0v) is 18.5. The van der Waals surface area contributed by atoms with Crippen LogP contribution in [-0.2, 0) is 14.3 Å². The molecule has 2 N–H and O–H groups in total. The summed E-state index contributed by atoms with van der Waals surface area (Å²) in [5.74, 6) is -1.59. The molecule has 0 radical (unpaired) electrons. The van der Waals surface area contributed by atoms with Gasteiger partial charge in [-0.05, 0) is 56.5 Å². The first-order valence-corrected chi connectivity index (χ1v) is 10.4. The Kier molecular flexibility index (Phi) is 10.3. The molecule has 0 saturated carbocycles. The van der Waals surface area contributed by atoms with E-state index in [1.54, 1.807) is 44.2 Å². The molecule has 0 aliphatic carbocycles. The van der Waals surface area contributed by atoms with Crippen molar-refractivity contribution in [3.8, 4) is 5.75 Å². The molecule has 1 atom stereocenters. The third-order valence-electron chi connectivity index (χ3n) is 4.51. The van der Waals surface area contributed by atoms with Crippen molar-refractivity contribution in [3.63, 3.8) is 0 Å². The Hall–Kier alpha value is -3.46. The molecule has 2 aromatic rings. The maximum atomic E-state index is 13.9. The molecule has 0 heterocycles. The van der Waals surface area contributed by atoms with Crippen LogP contribution in [0, 0.1) is 11.6 Å². The molecule has 0 spiro atoms. The zero-order chi connectivity index (χ0) is 24.2. The number of rotatable bonds is 11. The quantitative estimate of drug-likeness (QED) is 0.363. The third kappa shape index (κ3) is 8.53. The molecule has 33 heavy (non-hydrogen) atoms. The summed E-state index contributed by atoms with van der Waals surface area (Å²) in [5.41, 5.74) is 0.857. The highest BCUT2D eigenvalue weighted by atomic mass is 19.1. The number of aliphatic hydroxyl groups excluding tert-OH is 1. The smallest absolute Gasteiger partial charge is 0.412 e. The lowest BCUT2D eigenvalue weighted by molar-refractivity contribution is -0.138. The Morgan fingerprint density at radius 2 is 1.88 bits per heavy atom. The van der Waals surface area contributed by atoms with Crippen LogP contribution in [0.5, 0.6) is 5.75 Å². The minimum absolute atomic E-state index is 0.125. The van der Waals surface area contributed by atoms with E-state index in [1.807, 2.05) is 0 Å². The highest BCUT2D eigenvalue weighted by molar-refractivity contribution is 5.87. The Balaban J connectivity index is 2.12. The maximum absolute atomic E-state index is 13.9. The average Bonchev–Trinajstić information content (AvgIpc) is 2.79. The van der Waals surface area contributed by atoms with Crippen LogP contribution >= 0.6 is 0 Å². The molecule has 7 nitrogen and oxygen atoms in total. The number of allylic oxidation sites excluding steroid dienone is 1. The van der Waals surface area contributed by atoms with E-state index in [-0.39, 0.29) is 25.5 Å². The molecule has 2 aromatic carbocycles. The number of halogens is 2. The van der Waals surface area contributed by atoms with Gasteiger partial charge in [-0.2, -0.15) is 0 Å². The fourth-order valence-corrected chi connectivity index (χ4v) is 2.87. The number of benzene rings is 2. The van der Waals surface area contributed by atoms with Crippen LogP contribution in [0.1, 0.15) is 38.4 Å². The van der Waals surface area contributed by atoms with Crippen LogP contribution in [0.2, 0.25) is 0 Å². The van der Waals surface area contributed by atoms with Gasteiger partial charge in [-0.15, -0.1) is 0 Å². The lowest BCUT2D eigenvalue weighted by Gasteiger charge is -2.19. The highest BCUT2D eigenvalue weighted by Crippen LogP contribution is 2.27. The van der Waals surface area contributed by atoms with E-state index in [0.717, 1.165) is 12.1 Å². The van der Waals surface area contributed by atoms with E-state index >= 15 is 0 Å². The van der Waals surface area contributed by atoms with Gasteiger partial charge in [0.25, 0.3) is 0 Å². The standard InChI is InChI=1S/C24H27F2NO6/c1-3-31-23(29)16(2)5-4-6-22(17-7-10-19(11-8-17)32-14-13-28)33-24(30)27-21-12-9-18(25)15-20(21)26/h5,7-12,15,22,28H,3-4,6,13-14H2,1-2H3,(H,27,30)/b16-5+/t22-/m0/s1. The molecule has 2 rings (SSSR count). The van der Waals surface area contributed by atoms with Gasteiger partial charge < -0.3 is 19.3 Å². The molecular weight excluding hydrogens is 436 g/mol. The average molecular weight is 463 g/mol. The molecule has 1 amide bonds. The van der Waals surface area contributed by atoms with Crippen molar-refractivity contribution in [2.45, 2.75) is 32.8 Å². The normalized spacial score (nSPS) is 12.1. The Morgan fingerprint density at radius 3 is 2.52 bits per heavy atom. The van der Waals surface area contributed by atoms with E-state index < -0.39 is 29.8 Å². The zero-order valence-electron chi connectivity index (χ0n) is 18.5. The van der Waals surface area contributed by atoms with E-state index in [9.17, 15) is 18.4 Å². The lowest BCUT2D eigenvalue weighted by atomic mass is 10.0. The van der Waals surface area contributed by atoms with Crippen LogP contribution in [0.4, 0.5) is 19.3 Å². The van der Waals surface area contributed by atoms with Crippen molar-refractivity contribution in [1.82, 2.24) is 0 Å². The van der Waals surface area contributed by atoms with E-state index in [2.05, 4.69) is 5.32 Å². The maximum Gasteiger partial charge on any atom is 0.412 e. The summed E-state index contributed by atoms with van der Waals surface area (Å²) in [6.07, 6.45) is 0.761. The first-order chi connectivity index (χ1) is 15.8. The van der Waals surface area contributed by atoms with Crippen molar-refractivity contribution >= 4 is 17.7 Å². The fourth-order valence-electron chi connectivity index (χ4n) is 2.87. The number of carbonyl (C=O) groups excluding carboxylic acids is 2. The first kappa shape index (κ1) is 25.8. The number of esters is 1. The summed E-state index contributed by atoms with van der Waals surface area (Å²) in [6.45, 7) is 3.62. The van der Waals surface area contributed by atoms with E-state index in [4.69, 9.17) is 19.3 Å². The van der Waals surface area contributed by atoms with Crippen LogP contribution < -0.4 is 10.1 Å². The summed E-state index contributed by atoms with van der Waals surface area (Å²) < 4.78 is 42.7. The number of hydrogen-bond acceptors (Lipinski definition) is 6. The second-order valence-corrected chi connectivity index (χ2v) is 6.97. The van der Waals surface area contributed by atoms with Gasteiger partial charge in [-0.25, -0.2) is 18.4 Å². The molecular formula is C24H27F2NO6. The monoisotopic (exact) mass is 463 g/mol. The van der Waals surface area contributed by atoms with Gasteiger partial charge >= 0.3 is 12.1 Å². The Labute approximate surface area is 191 Å². The molecule has 9 heteroatoms. The number of carbonyl (C=O) groups is 2. The molecule has 0 aliphatic heterocycles. The third-order valence-corrected chi connectivity index (χ3v) is 4.51. The van der Waals surface area contributed by atoms with Crippen LogP contribution in [0.3, 0.4) is 0 Å². The summed E-state index contributed by atoms with van der Waals surface area (Å²) in [5, 5.41) is 11.1. The number of aliphatic hydroxyl groups is 1. The van der Waals surface area contributed by atoms with Gasteiger partial charge in [-0.3, -0.25) is 5.32 Å². The Morgan fingerprint density at radius 1 is 1.15 bits per heavy atom. The Bertz CT molecular complexity index is 962. The van der Waals surface area contributed by atoms with Crippen molar-refractivity contribution in [3.05, 3.63) is 71.3 Å². The molecule has 178 valence electrons. The second-order valence-electron chi connectivity index (χ2n) is 6.97. The molecule has 0 bridgehead atoms. The van der Waals surface area contributed by atoms with Gasteiger partial charge in [0.2, 0.25) is 0 Å². The fraction of sp³-hybridized carbons (Fsp3) is 0.333. The lowest BCUT2D eigenvalue weighted by Crippen LogP contribution is -2.18. The van der Waals surface area contributed by atoms with Crippen molar-refractivity contribution in [2.75, 3.05) is 25.1 Å². The topological polar surface area (TPSA) is 94.1 Å². The molecule has 0 saturated heterocycles. The van der Waals surface area contributed by atoms with Crippen LogP contribution in [-0.4, -0.2) is 37.0 Å². The second kappa shape index (κ2) is 13.2. The van der Waals surface area contributed by atoms with Crippen molar-refractivity contribution in [2.24, 2.45) is 0 Å². The SMILES string of the molecule is CCOC(=O)/C(C)=C/CC[C@H](OC(=O)Nc1ccc(F)cc1F)c1ccc(OCCO)cc1.